The first-order chi connectivity index (χ1) is 8.13. The molecule has 17 heavy (non-hydrogen) atoms. The Kier molecular flexibility index (Phi) is 2.82. The molecule has 3 rings (SSSR count). The molecule has 1 fully saturated rings. The van der Waals surface area contributed by atoms with Crippen LogP contribution < -0.4 is 0 Å². The van der Waals surface area contributed by atoms with E-state index in [-0.39, 0.29) is 0 Å². The highest BCUT2D eigenvalue weighted by atomic mass is 127. The maximum atomic E-state index is 5.44. The zero-order valence-electron chi connectivity index (χ0n) is 9.79. The van der Waals surface area contributed by atoms with E-state index in [0.717, 1.165) is 16.8 Å². The molecule has 0 amide bonds. The van der Waals surface area contributed by atoms with E-state index in [1.807, 2.05) is 0 Å². The van der Waals surface area contributed by atoms with E-state index in [0.29, 0.717) is 5.41 Å². The predicted octanol–water partition coefficient (Wildman–Crippen LogP) is 4.49. The van der Waals surface area contributed by atoms with Gasteiger partial charge in [0.05, 0.1) is 11.0 Å². The number of nitrogens with one attached hydrogen (secondary N) is 1. The Labute approximate surface area is 120 Å². The largest absolute Gasteiger partial charge is 0.331 e. The molecular weight excluding hydrogens is 343 g/mol. The van der Waals surface area contributed by atoms with Crippen molar-refractivity contribution in [3.8, 4) is 0 Å². The quantitative estimate of drug-likeness (QED) is 0.633. The standard InChI is InChI=1S/C13H15IN2S/c1-2-13(5-6-13)8-16-11-4-3-9(14)7-10(11)15-12(16)17/h3-4,7H,2,5-6,8H2,1H3,(H,15,17). The van der Waals surface area contributed by atoms with Crippen LogP contribution in [0.1, 0.15) is 26.2 Å². The molecular formula is C13H15IN2S. The van der Waals surface area contributed by atoms with Crippen LogP contribution in [0, 0.1) is 13.8 Å². The summed E-state index contributed by atoms with van der Waals surface area (Å²) in [6.45, 7) is 3.36. The molecule has 1 heterocycles. The highest BCUT2D eigenvalue weighted by Gasteiger charge is 2.41. The summed E-state index contributed by atoms with van der Waals surface area (Å²) in [6.07, 6.45) is 3.95. The normalized spacial score (nSPS) is 17.5. The van der Waals surface area contributed by atoms with Crippen LogP contribution >= 0.6 is 34.8 Å². The number of rotatable bonds is 3. The second-order valence-corrected chi connectivity index (χ2v) is 6.66. The number of benzene rings is 1. The van der Waals surface area contributed by atoms with Crippen LogP contribution in [0.3, 0.4) is 0 Å². The highest BCUT2D eigenvalue weighted by Crippen LogP contribution is 2.50. The van der Waals surface area contributed by atoms with Gasteiger partial charge in [0, 0.05) is 10.1 Å². The molecule has 0 bridgehead atoms. The average Bonchev–Trinajstić information content (AvgIpc) is 3.01. The molecule has 0 unspecified atom stereocenters. The first-order valence-electron chi connectivity index (χ1n) is 6.02. The molecule has 0 radical (unpaired) electrons. The topological polar surface area (TPSA) is 20.7 Å². The number of hydrogen-bond donors (Lipinski definition) is 1. The summed E-state index contributed by atoms with van der Waals surface area (Å²) in [4.78, 5) is 3.32. The van der Waals surface area contributed by atoms with Gasteiger partial charge in [0.15, 0.2) is 4.77 Å². The minimum atomic E-state index is 0.524. The van der Waals surface area contributed by atoms with Gasteiger partial charge in [-0.25, -0.2) is 0 Å². The van der Waals surface area contributed by atoms with E-state index in [4.69, 9.17) is 12.2 Å². The van der Waals surface area contributed by atoms with Crippen molar-refractivity contribution in [2.75, 3.05) is 0 Å². The zero-order chi connectivity index (χ0) is 12.0. The summed E-state index contributed by atoms with van der Waals surface area (Å²) in [5, 5.41) is 0. The number of aromatic nitrogens is 2. The van der Waals surface area contributed by atoms with Crippen LogP contribution in [0.4, 0.5) is 0 Å². The summed E-state index contributed by atoms with van der Waals surface area (Å²) in [7, 11) is 0. The molecule has 1 aromatic heterocycles. The van der Waals surface area contributed by atoms with E-state index in [1.54, 1.807) is 0 Å². The Morgan fingerprint density at radius 3 is 2.88 bits per heavy atom. The lowest BCUT2D eigenvalue weighted by Gasteiger charge is -2.13. The lowest BCUT2D eigenvalue weighted by atomic mass is 10.0. The SMILES string of the molecule is CCC1(Cn2c(=S)[nH]c3cc(I)ccc32)CC1. The summed E-state index contributed by atoms with van der Waals surface area (Å²) < 4.78 is 4.38. The number of aromatic amines is 1. The van der Waals surface area contributed by atoms with Crippen molar-refractivity contribution >= 4 is 45.8 Å². The van der Waals surface area contributed by atoms with Crippen LogP contribution in [0.2, 0.25) is 0 Å². The van der Waals surface area contributed by atoms with Gasteiger partial charge in [0.25, 0.3) is 0 Å². The maximum Gasteiger partial charge on any atom is 0.178 e. The van der Waals surface area contributed by atoms with E-state index in [2.05, 4.69) is 57.3 Å². The zero-order valence-corrected chi connectivity index (χ0v) is 12.8. The van der Waals surface area contributed by atoms with Gasteiger partial charge in [0.2, 0.25) is 0 Å². The highest BCUT2D eigenvalue weighted by molar-refractivity contribution is 14.1. The van der Waals surface area contributed by atoms with Crippen molar-refractivity contribution in [2.24, 2.45) is 5.41 Å². The van der Waals surface area contributed by atoms with Crippen molar-refractivity contribution in [3.63, 3.8) is 0 Å². The lowest BCUT2D eigenvalue weighted by molar-refractivity contribution is 0.413. The number of hydrogen-bond acceptors (Lipinski definition) is 1. The van der Waals surface area contributed by atoms with E-state index in [9.17, 15) is 0 Å². The Balaban J connectivity index is 2.09. The molecule has 1 N–H and O–H groups in total. The van der Waals surface area contributed by atoms with Gasteiger partial charge in [-0.3, -0.25) is 0 Å². The molecule has 1 saturated carbocycles. The molecule has 0 saturated heterocycles. The number of halogens is 1. The fourth-order valence-corrected chi connectivity index (χ4v) is 3.19. The van der Waals surface area contributed by atoms with Gasteiger partial charge in [-0.15, -0.1) is 0 Å². The van der Waals surface area contributed by atoms with E-state index < -0.39 is 0 Å². The Hall–Kier alpha value is -0.360. The van der Waals surface area contributed by atoms with Gasteiger partial charge in [0.1, 0.15) is 0 Å². The van der Waals surface area contributed by atoms with Crippen molar-refractivity contribution in [3.05, 3.63) is 26.5 Å². The van der Waals surface area contributed by atoms with Crippen LogP contribution in [-0.4, -0.2) is 9.55 Å². The molecule has 4 heteroatoms. The molecule has 2 nitrogen and oxygen atoms in total. The maximum absolute atomic E-state index is 5.44. The second-order valence-electron chi connectivity index (χ2n) is 5.03. The smallest absolute Gasteiger partial charge is 0.178 e. The lowest BCUT2D eigenvalue weighted by Crippen LogP contribution is -2.10. The third-order valence-corrected chi connectivity index (χ3v) is 4.93. The molecule has 90 valence electrons. The van der Waals surface area contributed by atoms with Crippen molar-refractivity contribution in [2.45, 2.75) is 32.7 Å². The predicted molar refractivity (Wildman–Crippen MR) is 81.8 cm³/mol. The van der Waals surface area contributed by atoms with Crippen molar-refractivity contribution in [1.82, 2.24) is 9.55 Å². The fraction of sp³-hybridized carbons (Fsp3) is 0.462. The molecule has 1 aromatic carbocycles. The average molecular weight is 358 g/mol. The molecule has 2 aromatic rings. The van der Waals surface area contributed by atoms with Crippen molar-refractivity contribution < 1.29 is 0 Å². The van der Waals surface area contributed by atoms with Crippen LogP contribution in [0.25, 0.3) is 11.0 Å². The van der Waals surface area contributed by atoms with Gasteiger partial charge in [-0.05, 0) is 77.7 Å². The first kappa shape index (κ1) is 11.7. The van der Waals surface area contributed by atoms with Gasteiger partial charge in [-0.1, -0.05) is 6.92 Å². The summed E-state index contributed by atoms with van der Waals surface area (Å²) in [6, 6.07) is 6.48. The number of fused-ring (bicyclic) bond motifs is 1. The Morgan fingerprint density at radius 2 is 2.24 bits per heavy atom. The third-order valence-electron chi connectivity index (χ3n) is 3.94. The molecule has 0 spiro atoms. The number of H-pyrrole nitrogens is 1. The minimum absolute atomic E-state index is 0.524. The van der Waals surface area contributed by atoms with E-state index >= 15 is 0 Å². The third kappa shape index (κ3) is 2.05. The number of imidazole rings is 1. The Morgan fingerprint density at radius 1 is 1.47 bits per heavy atom. The van der Waals surface area contributed by atoms with Gasteiger partial charge in [-0.2, -0.15) is 0 Å². The molecule has 1 aliphatic rings. The fourth-order valence-electron chi connectivity index (χ4n) is 2.43. The first-order valence-corrected chi connectivity index (χ1v) is 7.50. The summed E-state index contributed by atoms with van der Waals surface area (Å²) >= 11 is 7.78. The summed E-state index contributed by atoms with van der Waals surface area (Å²) in [5.74, 6) is 0. The second kappa shape index (κ2) is 4.09. The van der Waals surface area contributed by atoms with E-state index in [1.165, 1.54) is 28.3 Å². The Bertz CT molecular complexity index is 622. The van der Waals surface area contributed by atoms with Gasteiger partial charge < -0.3 is 9.55 Å². The molecule has 0 aliphatic heterocycles. The molecule has 1 aliphatic carbocycles. The van der Waals surface area contributed by atoms with Crippen LogP contribution in [0.15, 0.2) is 18.2 Å². The number of nitrogens with zero attached hydrogens (tertiary/aromatic N) is 1. The van der Waals surface area contributed by atoms with Gasteiger partial charge >= 0.3 is 0 Å². The minimum Gasteiger partial charge on any atom is -0.331 e. The van der Waals surface area contributed by atoms with Crippen LogP contribution in [-0.2, 0) is 6.54 Å². The molecule has 0 atom stereocenters. The summed E-state index contributed by atoms with van der Waals surface area (Å²) in [5.41, 5.74) is 2.93. The van der Waals surface area contributed by atoms with Crippen LogP contribution in [0.5, 0.6) is 0 Å². The monoisotopic (exact) mass is 358 g/mol. The van der Waals surface area contributed by atoms with Crippen molar-refractivity contribution in [1.29, 1.82) is 0 Å².